The van der Waals surface area contributed by atoms with E-state index in [0.717, 1.165) is 25.7 Å². The number of hydrogen-bond acceptors (Lipinski definition) is 3. The van der Waals surface area contributed by atoms with E-state index in [1.165, 1.54) is 12.8 Å². The molecule has 0 spiro atoms. The number of nitrogens with two attached hydrogens (primary N) is 1. The lowest BCUT2D eigenvalue weighted by molar-refractivity contribution is -0.131. The van der Waals surface area contributed by atoms with Gasteiger partial charge in [0.25, 0.3) is 0 Å². The van der Waals surface area contributed by atoms with Crippen molar-refractivity contribution in [2.24, 2.45) is 16.6 Å². The first kappa shape index (κ1) is 15.0. The van der Waals surface area contributed by atoms with E-state index in [1.54, 1.807) is 0 Å². The van der Waals surface area contributed by atoms with Crippen molar-refractivity contribution in [2.45, 2.75) is 52.4 Å². The van der Waals surface area contributed by atoms with Crippen LogP contribution in [-0.4, -0.2) is 19.0 Å². The Labute approximate surface area is 110 Å². The van der Waals surface area contributed by atoms with Crippen molar-refractivity contribution in [3.63, 3.8) is 0 Å². The van der Waals surface area contributed by atoms with Gasteiger partial charge in [-0.2, -0.15) is 5.26 Å². The largest absolute Gasteiger partial charge is 0.354 e. The number of nitrogens with zero attached hydrogens (tertiary/aromatic N) is 1. The normalized spacial score (nSPS) is 19.7. The fourth-order valence-corrected chi connectivity index (χ4v) is 2.46. The van der Waals surface area contributed by atoms with Crippen LogP contribution in [0, 0.1) is 22.2 Å². The van der Waals surface area contributed by atoms with Crippen LogP contribution in [0.15, 0.2) is 0 Å². The maximum atomic E-state index is 12.4. The Morgan fingerprint density at radius 1 is 1.33 bits per heavy atom. The summed E-state index contributed by atoms with van der Waals surface area (Å²) in [5.74, 6) is 0.0372. The summed E-state index contributed by atoms with van der Waals surface area (Å²) >= 11 is 0. The molecular formula is C14H25N3O. The molecule has 0 aromatic rings. The third-order valence-electron chi connectivity index (χ3n) is 3.93. The number of carbonyl (C=O) groups excluding carboxylic acids is 1. The predicted octanol–water partition coefficient (Wildman–Crippen LogP) is 1.95. The van der Waals surface area contributed by atoms with Crippen LogP contribution in [0.2, 0.25) is 0 Å². The second-order valence-electron chi connectivity index (χ2n) is 6.08. The molecule has 1 saturated carbocycles. The van der Waals surface area contributed by atoms with E-state index in [9.17, 15) is 4.79 Å². The van der Waals surface area contributed by atoms with Gasteiger partial charge in [-0.05, 0) is 26.7 Å². The van der Waals surface area contributed by atoms with E-state index in [1.807, 2.05) is 13.8 Å². The van der Waals surface area contributed by atoms with Crippen molar-refractivity contribution < 1.29 is 4.79 Å². The van der Waals surface area contributed by atoms with Gasteiger partial charge in [0.2, 0.25) is 5.91 Å². The molecule has 0 atom stereocenters. The third-order valence-corrected chi connectivity index (χ3v) is 3.93. The maximum Gasteiger partial charge on any atom is 0.227 e. The summed E-state index contributed by atoms with van der Waals surface area (Å²) in [4.78, 5) is 12.4. The van der Waals surface area contributed by atoms with E-state index in [2.05, 4.69) is 11.4 Å². The summed E-state index contributed by atoms with van der Waals surface area (Å²) < 4.78 is 0. The van der Waals surface area contributed by atoms with Crippen LogP contribution in [0.25, 0.3) is 0 Å². The summed E-state index contributed by atoms with van der Waals surface area (Å²) in [7, 11) is 0. The van der Waals surface area contributed by atoms with Crippen LogP contribution < -0.4 is 11.1 Å². The summed E-state index contributed by atoms with van der Waals surface area (Å²) in [6.07, 6.45) is 6.29. The van der Waals surface area contributed by atoms with Crippen molar-refractivity contribution in [2.75, 3.05) is 13.1 Å². The molecule has 1 rings (SSSR count). The van der Waals surface area contributed by atoms with Crippen molar-refractivity contribution in [1.29, 1.82) is 5.26 Å². The fourth-order valence-electron chi connectivity index (χ4n) is 2.46. The maximum absolute atomic E-state index is 12.4. The standard InChI is InChI=1S/C14H25N3O/c1-13(2,9-15)11-17-12(18)14(10-16)7-5-3-4-6-8-14/h3-8,10-11,16H2,1-2H3,(H,17,18). The topological polar surface area (TPSA) is 78.9 Å². The van der Waals surface area contributed by atoms with E-state index in [0.29, 0.717) is 13.1 Å². The van der Waals surface area contributed by atoms with Gasteiger partial charge in [0.1, 0.15) is 0 Å². The molecule has 18 heavy (non-hydrogen) atoms. The minimum absolute atomic E-state index is 0.0372. The number of nitriles is 1. The van der Waals surface area contributed by atoms with Gasteiger partial charge in [0.05, 0.1) is 16.9 Å². The highest BCUT2D eigenvalue weighted by molar-refractivity contribution is 5.83. The Morgan fingerprint density at radius 3 is 2.33 bits per heavy atom. The Bertz CT molecular complexity index is 322. The van der Waals surface area contributed by atoms with Crippen LogP contribution in [0.4, 0.5) is 0 Å². The zero-order valence-corrected chi connectivity index (χ0v) is 11.6. The number of carbonyl (C=O) groups is 1. The molecule has 4 nitrogen and oxygen atoms in total. The second-order valence-corrected chi connectivity index (χ2v) is 6.08. The molecule has 0 aliphatic heterocycles. The first-order valence-electron chi connectivity index (χ1n) is 6.85. The smallest absolute Gasteiger partial charge is 0.227 e. The first-order chi connectivity index (χ1) is 8.46. The van der Waals surface area contributed by atoms with Crippen molar-refractivity contribution >= 4 is 5.91 Å². The summed E-state index contributed by atoms with van der Waals surface area (Å²) in [6, 6.07) is 2.20. The average Bonchev–Trinajstić information content (AvgIpc) is 2.62. The molecule has 1 amide bonds. The Hall–Kier alpha value is -1.08. The molecule has 1 aliphatic rings. The quantitative estimate of drug-likeness (QED) is 0.749. The highest BCUT2D eigenvalue weighted by Gasteiger charge is 2.37. The van der Waals surface area contributed by atoms with Crippen LogP contribution in [0.1, 0.15) is 52.4 Å². The molecule has 4 heteroatoms. The van der Waals surface area contributed by atoms with E-state index < -0.39 is 10.8 Å². The lowest BCUT2D eigenvalue weighted by Crippen LogP contribution is -2.47. The van der Waals surface area contributed by atoms with Gasteiger partial charge >= 0.3 is 0 Å². The fraction of sp³-hybridized carbons (Fsp3) is 0.857. The average molecular weight is 251 g/mol. The summed E-state index contributed by atoms with van der Waals surface area (Å²) in [6.45, 7) is 4.46. The number of amides is 1. The number of nitrogens with one attached hydrogen (secondary N) is 1. The molecule has 0 aromatic heterocycles. The lowest BCUT2D eigenvalue weighted by Gasteiger charge is -2.31. The van der Waals surface area contributed by atoms with Gasteiger partial charge in [-0.15, -0.1) is 0 Å². The van der Waals surface area contributed by atoms with Crippen molar-refractivity contribution in [3.8, 4) is 6.07 Å². The molecule has 102 valence electrons. The Kier molecular flexibility index (Phi) is 5.15. The van der Waals surface area contributed by atoms with Gasteiger partial charge in [0, 0.05) is 13.1 Å². The summed E-state index contributed by atoms with van der Waals surface area (Å²) in [5.41, 5.74) is 4.94. The zero-order valence-electron chi connectivity index (χ0n) is 11.6. The summed E-state index contributed by atoms with van der Waals surface area (Å²) in [5, 5.41) is 11.9. The minimum Gasteiger partial charge on any atom is -0.354 e. The van der Waals surface area contributed by atoms with Gasteiger partial charge in [-0.3, -0.25) is 4.79 Å². The molecule has 0 bridgehead atoms. The molecule has 0 saturated heterocycles. The highest BCUT2D eigenvalue weighted by Crippen LogP contribution is 2.34. The van der Waals surface area contributed by atoms with Gasteiger partial charge in [-0.1, -0.05) is 25.7 Å². The van der Waals surface area contributed by atoms with Crippen LogP contribution in [0.3, 0.4) is 0 Å². The lowest BCUT2D eigenvalue weighted by atomic mass is 9.79. The van der Waals surface area contributed by atoms with E-state index >= 15 is 0 Å². The molecule has 1 fully saturated rings. The van der Waals surface area contributed by atoms with Crippen LogP contribution in [0.5, 0.6) is 0 Å². The molecule has 3 N–H and O–H groups in total. The van der Waals surface area contributed by atoms with Gasteiger partial charge in [0.15, 0.2) is 0 Å². The minimum atomic E-state index is -0.518. The number of rotatable bonds is 4. The van der Waals surface area contributed by atoms with Crippen molar-refractivity contribution in [3.05, 3.63) is 0 Å². The predicted molar refractivity (Wildman–Crippen MR) is 71.6 cm³/mol. The monoisotopic (exact) mass is 251 g/mol. The van der Waals surface area contributed by atoms with Gasteiger partial charge < -0.3 is 11.1 Å². The Morgan fingerprint density at radius 2 is 1.89 bits per heavy atom. The molecule has 0 heterocycles. The Balaban J connectivity index is 2.64. The number of hydrogen-bond donors (Lipinski definition) is 2. The highest BCUT2D eigenvalue weighted by atomic mass is 16.2. The second kappa shape index (κ2) is 6.19. The third kappa shape index (κ3) is 3.71. The van der Waals surface area contributed by atoms with E-state index in [-0.39, 0.29) is 5.91 Å². The SMILES string of the molecule is CC(C)(C#N)CNC(=O)C1(CN)CCCCCC1. The molecule has 0 radical (unpaired) electrons. The molecule has 0 unspecified atom stereocenters. The van der Waals surface area contributed by atoms with Crippen LogP contribution >= 0.6 is 0 Å². The molecule has 1 aliphatic carbocycles. The zero-order chi connectivity index (χ0) is 13.6. The molecule has 0 aromatic carbocycles. The van der Waals surface area contributed by atoms with Crippen LogP contribution in [-0.2, 0) is 4.79 Å². The van der Waals surface area contributed by atoms with Gasteiger partial charge in [-0.25, -0.2) is 0 Å². The van der Waals surface area contributed by atoms with E-state index in [4.69, 9.17) is 11.0 Å². The first-order valence-corrected chi connectivity index (χ1v) is 6.85. The molecular weight excluding hydrogens is 226 g/mol. The van der Waals surface area contributed by atoms with Crippen molar-refractivity contribution in [1.82, 2.24) is 5.32 Å².